The molecule has 0 saturated carbocycles. The first-order valence-corrected chi connectivity index (χ1v) is 8.92. The third-order valence-electron chi connectivity index (χ3n) is 4.92. The minimum absolute atomic E-state index is 0.705. The molecule has 4 rings (SSSR count). The van der Waals surface area contributed by atoms with Gasteiger partial charge < -0.3 is 4.90 Å². The number of hydrogen-bond donors (Lipinski definition) is 0. The highest BCUT2D eigenvalue weighted by molar-refractivity contribution is 6.31. The van der Waals surface area contributed by atoms with Crippen molar-refractivity contribution in [1.82, 2.24) is 4.98 Å². The molecule has 0 spiro atoms. The molecule has 0 aliphatic carbocycles. The normalized spacial score (nSPS) is 15.8. The molecule has 0 unspecified atom stereocenters. The first-order chi connectivity index (χ1) is 11.8. The summed E-state index contributed by atoms with van der Waals surface area (Å²) in [6.45, 7) is 2.12. The van der Waals surface area contributed by atoms with Gasteiger partial charge in [0.25, 0.3) is 0 Å². The topological polar surface area (TPSA) is 16.1 Å². The van der Waals surface area contributed by atoms with Crippen LogP contribution in [0.2, 0.25) is 5.02 Å². The number of halogens is 1. The van der Waals surface area contributed by atoms with Gasteiger partial charge in [0.1, 0.15) is 5.82 Å². The zero-order valence-electron chi connectivity index (χ0n) is 13.6. The fraction of sp³-hybridized carbons (Fsp3) is 0.286. The number of anilines is 1. The lowest BCUT2D eigenvalue weighted by Crippen LogP contribution is -2.34. The Labute approximate surface area is 148 Å². The smallest absolute Gasteiger partial charge is 0.129 e. The van der Waals surface area contributed by atoms with E-state index >= 15 is 0 Å². The van der Waals surface area contributed by atoms with Crippen molar-refractivity contribution in [1.29, 1.82) is 0 Å². The van der Waals surface area contributed by atoms with Crippen LogP contribution in [0.3, 0.4) is 0 Å². The molecule has 0 bridgehead atoms. The van der Waals surface area contributed by atoms with Crippen LogP contribution in [0.15, 0.2) is 54.6 Å². The summed E-state index contributed by atoms with van der Waals surface area (Å²) in [5.41, 5.74) is 2.32. The van der Waals surface area contributed by atoms with E-state index in [0.29, 0.717) is 5.92 Å². The molecule has 1 saturated heterocycles. The van der Waals surface area contributed by atoms with Gasteiger partial charge in [0.2, 0.25) is 0 Å². The van der Waals surface area contributed by atoms with Crippen LogP contribution in [0.5, 0.6) is 0 Å². The van der Waals surface area contributed by atoms with Gasteiger partial charge in [-0.25, -0.2) is 4.98 Å². The average Bonchev–Trinajstić information content (AvgIpc) is 2.64. The van der Waals surface area contributed by atoms with Gasteiger partial charge in [0.05, 0.1) is 5.52 Å². The van der Waals surface area contributed by atoms with Crippen molar-refractivity contribution in [3.05, 3.63) is 71.2 Å². The summed E-state index contributed by atoms with van der Waals surface area (Å²) >= 11 is 6.30. The lowest BCUT2D eigenvalue weighted by Gasteiger charge is -2.33. The second kappa shape index (κ2) is 6.82. The van der Waals surface area contributed by atoms with Gasteiger partial charge in [-0.1, -0.05) is 35.9 Å². The molecule has 24 heavy (non-hydrogen) atoms. The van der Waals surface area contributed by atoms with Crippen molar-refractivity contribution in [3.63, 3.8) is 0 Å². The van der Waals surface area contributed by atoms with Crippen molar-refractivity contribution < 1.29 is 0 Å². The van der Waals surface area contributed by atoms with Crippen LogP contribution in [-0.4, -0.2) is 18.1 Å². The maximum Gasteiger partial charge on any atom is 0.129 e. The fourth-order valence-electron chi connectivity index (χ4n) is 3.51. The van der Waals surface area contributed by atoms with Gasteiger partial charge in [-0.2, -0.15) is 0 Å². The molecular formula is C21H20ClN2. The minimum Gasteiger partial charge on any atom is -0.357 e. The third kappa shape index (κ3) is 3.25. The second-order valence-corrected chi connectivity index (χ2v) is 6.92. The standard InChI is InChI=1S/C21H20ClN2/c22-19-7-3-1-6-18(19)15-16-11-13-24(14-12-16)21-10-9-17-5-2-4-8-20(17)23-21/h1,3-10,16H,11-15H2. The van der Waals surface area contributed by atoms with Gasteiger partial charge in [-0.15, -0.1) is 0 Å². The molecule has 0 amide bonds. The number of benzene rings is 2. The summed E-state index contributed by atoms with van der Waals surface area (Å²) in [6, 6.07) is 21.5. The first-order valence-electron chi connectivity index (χ1n) is 8.55. The number of fused-ring (bicyclic) bond motifs is 1. The van der Waals surface area contributed by atoms with E-state index in [-0.39, 0.29) is 0 Å². The van der Waals surface area contributed by atoms with Gasteiger partial charge in [-0.05, 0) is 67.1 Å². The molecule has 1 aliphatic rings. The molecule has 0 atom stereocenters. The van der Waals surface area contributed by atoms with E-state index in [0.717, 1.165) is 41.3 Å². The van der Waals surface area contributed by atoms with Crippen molar-refractivity contribution in [2.24, 2.45) is 5.92 Å². The zero-order chi connectivity index (χ0) is 16.4. The number of aromatic nitrogens is 1. The van der Waals surface area contributed by atoms with E-state index < -0.39 is 0 Å². The largest absolute Gasteiger partial charge is 0.357 e. The number of rotatable bonds is 3. The summed E-state index contributed by atoms with van der Waals surface area (Å²) in [5, 5.41) is 2.04. The summed E-state index contributed by atoms with van der Waals surface area (Å²) < 4.78 is 0. The number of hydrogen-bond acceptors (Lipinski definition) is 2. The van der Waals surface area contributed by atoms with Crippen molar-refractivity contribution in [2.75, 3.05) is 18.0 Å². The van der Waals surface area contributed by atoms with E-state index in [1.54, 1.807) is 0 Å². The molecule has 1 radical (unpaired) electrons. The third-order valence-corrected chi connectivity index (χ3v) is 5.29. The highest BCUT2D eigenvalue weighted by Crippen LogP contribution is 2.28. The zero-order valence-corrected chi connectivity index (χ0v) is 14.3. The molecule has 1 aliphatic heterocycles. The number of pyridine rings is 1. The Hall–Kier alpha value is -2.06. The number of piperidine rings is 1. The van der Waals surface area contributed by atoms with Crippen molar-refractivity contribution in [3.8, 4) is 0 Å². The maximum atomic E-state index is 6.30. The SMILES string of the molecule is Clc1ccccc1CC1CCN(c2ccc3c[c]ccc3n2)CC1. The van der Waals surface area contributed by atoms with Crippen LogP contribution in [0, 0.1) is 12.0 Å². The first kappa shape index (κ1) is 15.5. The van der Waals surface area contributed by atoms with Crippen LogP contribution < -0.4 is 4.90 Å². The van der Waals surface area contributed by atoms with Crippen LogP contribution in [0.1, 0.15) is 18.4 Å². The van der Waals surface area contributed by atoms with E-state index in [4.69, 9.17) is 16.6 Å². The van der Waals surface area contributed by atoms with E-state index in [1.807, 2.05) is 30.3 Å². The monoisotopic (exact) mass is 335 g/mol. The van der Waals surface area contributed by atoms with Crippen LogP contribution >= 0.6 is 11.6 Å². The van der Waals surface area contributed by atoms with Gasteiger partial charge in [0, 0.05) is 23.5 Å². The Bertz CT molecular complexity index is 838. The quantitative estimate of drug-likeness (QED) is 0.658. The van der Waals surface area contributed by atoms with Crippen LogP contribution in [0.25, 0.3) is 10.9 Å². The fourth-order valence-corrected chi connectivity index (χ4v) is 3.73. The lowest BCUT2D eigenvalue weighted by molar-refractivity contribution is 0.402. The molecular weight excluding hydrogens is 316 g/mol. The molecule has 2 heterocycles. The Morgan fingerprint density at radius 3 is 2.75 bits per heavy atom. The van der Waals surface area contributed by atoms with Gasteiger partial charge >= 0.3 is 0 Å². The molecule has 2 nitrogen and oxygen atoms in total. The Kier molecular flexibility index (Phi) is 4.40. The minimum atomic E-state index is 0.705. The van der Waals surface area contributed by atoms with Gasteiger partial charge in [0.15, 0.2) is 0 Å². The summed E-state index contributed by atoms with van der Waals surface area (Å²) in [7, 11) is 0. The van der Waals surface area contributed by atoms with Crippen LogP contribution in [0.4, 0.5) is 5.82 Å². The summed E-state index contributed by atoms with van der Waals surface area (Å²) in [6.07, 6.45) is 3.45. The Morgan fingerprint density at radius 2 is 1.92 bits per heavy atom. The summed E-state index contributed by atoms with van der Waals surface area (Å²) in [4.78, 5) is 7.21. The lowest BCUT2D eigenvalue weighted by atomic mass is 9.90. The Balaban J connectivity index is 1.42. The van der Waals surface area contributed by atoms with Crippen molar-refractivity contribution >= 4 is 28.3 Å². The molecule has 0 N–H and O–H groups in total. The predicted octanol–water partition coefficient (Wildman–Crippen LogP) is 5.15. The predicted molar refractivity (Wildman–Crippen MR) is 101 cm³/mol. The Morgan fingerprint density at radius 1 is 1.08 bits per heavy atom. The number of nitrogens with zero attached hydrogens (tertiary/aromatic N) is 2. The molecule has 3 aromatic rings. The highest BCUT2D eigenvalue weighted by atomic mass is 35.5. The molecule has 2 aromatic carbocycles. The molecule has 1 aromatic heterocycles. The van der Waals surface area contributed by atoms with Crippen LogP contribution in [-0.2, 0) is 6.42 Å². The second-order valence-electron chi connectivity index (χ2n) is 6.51. The van der Waals surface area contributed by atoms with Gasteiger partial charge in [-0.3, -0.25) is 0 Å². The summed E-state index contributed by atoms with van der Waals surface area (Å²) in [5.74, 6) is 1.79. The highest BCUT2D eigenvalue weighted by Gasteiger charge is 2.21. The van der Waals surface area contributed by atoms with E-state index in [2.05, 4.69) is 35.2 Å². The van der Waals surface area contributed by atoms with E-state index in [9.17, 15) is 0 Å². The maximum absolute atomic E-state index is 6.30. The van der Waals surface area contributed by atoms with Crippen molar-refractivity contribution in [2.45, 2.75) is 19.3 Å². The molecule has 121 valence electrons. The molecule has 1 fully saturated rings. The van der Waals surface area contributed by atoms with E-state index in [1.165, 1.54) is 18.4 Å². The molecule has 3 heteroatoms. The average molecular weight is 336 g/mol.